The van der Waals surface area contributed by atoms with E-state index >= 15 is 0 Å². The topological polar surface area (TPSA) is 52.6 Å². The van der Waals surface area contributed by atoms with Crippen LogP contribution in [-0.4, -0.2) is 31.5 Å². The number of allylic oxidation sites excluding steroid dienone is 1. The fourth-order valence-electron chi connectivity index (χ4n) is 0.850. The molecule has 0 fully saturated rings. The maximum absolute atomic E-state index is 11.3. The molecule has 0 aliphatic carbocycles. The van der Waals surface area contributed by atoms with Crippen molar-refractivity contribution in [3.8, 4) is 0 Å². The summed E-state index contributed by atoms with van der Waals surface area (Å²) in [5.41, 5.74) is -0.401. The number of rotatable bonds is 4. The van der Waals surface area contributed by atoms with Gasteiger partial charge in [0, 0.05) is 5.33 Å². The number of hydrogen-bond donors (Lipinski definition) is 0. The predicted molar refractivity (Wildman–Crippen MR) is 59.7 cm³/mol. The molecule has 0 saturated carbocycles. The quantitative estimate of drug-likeness (QED) is 0.258. The molecule has 0 bridgehead atoms. The van der Waals surface area contributed by atoms with Crippen molar-refractivity contribution < 1.29 is 19.1 Å². The summed E-state index contributed by atoms with van der Waals surface area (Å²) < 4.78 is 9.00. The molecule has 5 heteroatoms. The first-order valence-electron chi connectivity index (χ1n) is 4.33. The fourth-order valence-corrected chi connectivity index (χ4v) is 1.01. The van der Waals surface area contributed by atoms with E-state index in [1.54, 1.807) is 6.08 Å². The largest absolute Gasteiger partial charge is 0.465 e. The van der Waals surface area contributed by atoms with E-state index in [1.165, 1.54) is 14.2 Å². The molecule has 4 nitrogen and oxygen atoms in total. The highest BCUT2D eigenvalue weighted by atomic mass is 79.9. The lowest BCUT2D eigenvalue weighted by molar-refractivity contribution is -0.144. The summed E-state index contributed by atoms with van der Waals surface area (Å²) in [4.78, 5) is 22.6. The van der Waals surface area contributed by atoms with Crippen LogP contribution >= 0.6 is 15.9 Å². The molecule has 0 aliphatic heterocycles. The Morgan fingerprint density at radius 3 is 1.87 bits per heavy atom. The Hall–Kier alpha value is -0.840. The first-order valence-corrected chi connectivity index (χ1v) is 5.45. The van der Waals surface area contributed by atoms with E-state index in [-0.39, 0.29) is 11.0 Å². The van der Waals surface area contributed by atoms with Crippen molar-refractivity contribution >= 4 is 27.9 Å². The number of halogens is 1. The zero-order valence-corrected chi connectivity index (χ0v) is 10.9. The minimum Gasteiger partial charge on any atom is -0.465 e. The van der Waals surface area contributed by atoms with Crippen LogP contribution in [0.15, 0.2) is 11.6 Å². The van der Waals surface area contributed by atoms with E-state index in [2.05, 4.69) is 25.4 Å². The number of hydrogen-bond acceptors (Lipinski definition) is 4. The summed E-state index contributed by atoms with van der Waals surface area (Å²) in [5, 5.41) is 0.623. The normalized spacial score (nSPS) is 10.5. The number of ether oxygens (including phenoxy) is 2. The van der Waals surface area contributed by atoms with Crippen molar-refractivity contribution in [3.05, 3.63) is 11.6 Å². The lowest BCUT2D eigenvalue weighted by Gasteiger charge is -2.17. The van der Waals surface area contributed by atoms with Crippen molar-refractivity contribution in [2.45, 2.75) is 13.8 Å². The van der Waals surface area contributed by atoms with Gasteiger partial charge in [-0.1, -0.05) is 35.9 Å². The van der Waals surface area contributed by atoms with Crippen molar-refractivity contribution in [2.75, 3.05) is 19.5 Å². The first-order chi connectivity index (χ1) is 6.87. The summed E-state index contributed by atoms with van der Waals surface area (Å²) in [6, 6.07) is 0. The molecule has 15 heavy (non-hydrogen) atoms. The van der Waals surface area contributed by atoms with Crippen LogP contribution in [0.5, 0.6) is 0 Å². The van der Waals surface area contributed by atoms with Crippen molar-refractivity contribution in [3.63, 3.8) is 0 Å². The third-order valence-electron chi connectivity index (χ3n) is 1.69. The van der Waals surface area contributed by atoms with Gasteiger partial charge in [0.1, 0.15) is 5.57 Å². The van der Waals surface area contributed by atoms with Crippen LogP contribution in [0.2, 0.25) is 0 Å². The molecule has 0 N–H and O–H groups in total. The van der Waals surface area contributed by atoms with E-state index < -0.39 is 11.9 Å². The highest BCUT2D eigenvalue weighted by Gasteiger charge is 2.24. The van der Waals surface area contributed by atoms with Crippen LogP contribution in [0, 0.1) is 5.41 Å². The Bertz CT molecular complexity index is 263. The zero-order valence-electron chi connectivity index (χ0n) is 9.30. The van der Waals surface area contributed by atoms with E-state index in [9.17, 15) is 9.59 Å². The van der Waals surface area contributed by atoms with Gasteiger partial charge in [-0.3, -0.25) is 0 Å². The van der Waals surface area contributed by atoms with Gasteiger partial charge in [0.05, 0.1) is 14.2 Å². The van der Waals surface area contributed by atoms with Gasteiger partial charge in [-0.2, -0.15) is 0 Å². The Balaban J connectivity index is 5.11. The van der Waals surface area contributed by atoms with Crippen LogP contribution < -0.4 is 0 Å². The molecule has 0 aliphatic rings. The molecule has 0 amide bonds. The van der Waals surface area contributed by atoms with Crippen molar-refractivity contribution in [1.29, 1.82) is 0 Å². The first kappa shape index (κ1) is 14.2. The van der Waals surface area contributed by atoms with Crippen LogP contribution in [-0.2, 0) is 19.1 Å². The number of alkyl halides is 1. The van der Waals surface area contributed by atoms with Gasteiger partial charge in [-0.25, -0.2) is 9.59 Å². The molecule has 0 saturated heterocycles. The summed E-state index contributed by atoms with van der Waals surface area (Å²) in [7, 11) is 2.44. The number of carbonyl (C=O) groups excluding carboxylic acids is 2. The Morgan fingerprint density at radius 2 is 1.60 bits per heavy atom. The van der Waals surface area contributed by atoms with E-state index in [4.69, 9.17) is 0 Å². The molecular formula is C10H15BrO4. The molecule has 0 aromatic carbocycles. The van der Waals surface area contributed by atoms with Gasteiger partial charge in [-0.15, -0.1) is 0 Å². The standard InChI is InChI=1S/C10H15BrO4/c1-10(2,6-11)5-7(8(12)14-3)9(13)15-4/h5H,6H2,1-4H3. The second-order valence-corrected chi connectivity index (χ2v) is 4.22. The Kier molecular flexibility index (Phi) is 5.57. The average molecular weight is 279 g/mol. The minimum atomic E-state index is -0.684. The van der Waals surface area contributed by atoms with Gasteiger partial charge >= 0.3 is 11.9 Å². The van der Waals surface area contributed by atoms with Gasteiger partial charge in [0.15, 0.2) is 0 Å². The third-order valence-corrected chi connectivity index (χ3v) is 3.14. The zero-order chi connectivity index (χ0) is 12.1. The van der Waals surface area contributed by atoms with Crippen LogP contribution in [0.1, 0.15) is 13.8 Å². The summed E-state index contributed by atoms with van der Waals surface area (Å²) in [5.74, 6) is -1.37. The van der Waals surface area contributed by atoms with Crippen LogP contribution in [0.3, 0.4) is 0 Å². The third kappa shape index (κ3) is 4.46. The minimum absolute atomic E-state index is 0.0792. The van der Waals surface area contributed by atoms with Gasteiger partial charge in [0.2, 0.25) is 0 Å². The lowest BCUT2D eigenvalue weighted by atomic mass is 9.93. The molecule has 86 valence electrons. The SMILES string of the molecule is COC(=O)C(=CC(C)(C)CBr)C(=O)OC. The molecule has 0 aromatic heterocycles. The Morgan fingerprint density at radius 1 is 1.20 bits per heavy atom. The van der Waals surface area contributed by atoms with Gasteiger partial charge in [-0.05, 0) is 5.41 Å². The molecule has 0 heterocycles. The van der Waals surface area contributed by atoms with Crippen molar-refractivity contribution in [2.24, 2.45) is 5.41 Å². The number of carbonyl (C=O) groups is 2. The monoisotopic (exact) mass is 278 g/mol. The van der Waals surface area contributed by atoms with Crippen molar-refractivity contribution in [1.82, 2.24) is 0 Å². The van der Waals surface area contributed by atoms with E-state index in [0.29, 0.717) is 5.33 Å². The number of esters is 2. The molecule has 0 unspecified atom stereocenters. The smallest absolute Gasteiger partial charge is 0.344 e. The second-order valence-electron chi connectivity index (χ2n) is 3.66. The molecule has 0 rings (SSSR count). The average Bonchev–Trinajstić information content (AvgIpc) is 2.23. The maximum Gasteiger partial charge on any atom is 0.344 e. The predicted octanol–water partition coefficient (Wildman–Crippen LogP) is 1.68. The van der Waals surface area contributed by atoms with Crippen LogP contribution in [0.25, 0.3) is 0 Å². The maximum atomic E-state index is 11.3. The van der Waals surface area contributed by atoms with E-state index in [1.807, 2.05) is 13.8 Å². The number of methoxy groups -OCH3 is 2. The highest BCUT2D eigenvalue weighted by Crippen LogP contribution is 2.22. The van der Waals surface area contributed by atoms with Gasteiger partial charge < -0.3 is 9.47 Å². The summed E-state index contributed by atoms with van der Waals surface area (Å²) in [6.07, 6.45) is 1.54. The second kappa shape index (κ2) is 5.90. The molecular weight excluding hydrogens is 264 g/mol. The lowest BCUT2D eigenvalue weighted by Crippen LogP contribution is -2.20. The highest BCUT2D eigenvalue weighted by molar-refractivity contribution is 9.09. The Labute approximate surface area is 97.8 Å². The molecule has 0 spiro atoms. The molecule has 0 radical (unpaired) electrons. The van der Waals surface area contributed by atoms with E-state index in [0.717, 1.165) is 0 Å². The molecule has 0 atom stereocenters. The summed E-state index contributed by atoms with van der Waals surface area (Å²) >= 11 is 3.29. The molecule has 0 aromatic rings. The van der Waals surface area contributed by atoms with Crippen LogP contribution in [0.4, 0.5) is 0 Å². The summed E-state index contributed by atoms with van der Waals surface area (Å²) in [6.45, 7) is 3.77. The van der Waals surface area contributed by atoms with Gasteiger partial charge in [0.25, 0.3) is 0 Å². The fraction of sp³-hybridized carbons (Fsp3) is 0.600.